The van der Waals surface area contributed by atoms with E-state index in [2.05, 4.69) is 9.98 Å². The van der Waals surface area contributed by atoms with Crippen molar-refractivity contribution in [1.29, 1.82) is 0 Å². The highest BCUT2D eigenvalue weighted by Gasteiger charge is 2.18. The van der Waals surface area contributed by atoms with Crippen LogP contribution in [0.1, 0.15) is 40.8 Å². The first-order valence-electron chi connectivity index (χ1n) is 5.70. The van der Waals surface area contributed by atoms with Crippen LogP contribution in [0.25, 0.3) is 0 Å². The van der Waals surface area contributed by atoms with E-state index in [1.807, 2.05) is 34.6 Å². The fourth-order valence-corrected chi connectivity index (χ4v) is 2.31. The average molecular weight is 244 g/mol. The molecule has 0 aromatic heterocycles. The summed E-state index contributed by atoms with van der Waals surface area (Å²) in [6, 6.07) is -0.242. The van der Waals surface area contributed by atoms with Gasteiger partial charge in [0.25, 0.3) is 0 Å². The van der Waals surface area contributed by atoms with Crippen LogP contribution in [0.5, 0.6) is 0 Å². The fourth-order valence-electron chi connectivity index (χ4n) is 2.31. The minimum Gasteiger partial charge on any atom is -0.211 e. The Morgan fingerprint density at radius 3 is 1.78 bits per heavy atom. The molecule has 0 saturated heterocycles. The molecule has 0 radical (unpaired) electrons. The second-order valence-electron chi connectivity index (χ2n) is 4.36. The van der Waals surface area contributed by atoms with E-state index < -0.39 is 0 Å². The number of isocyanates is 2. The van der Waals surface area contributed by atoms with Crippen molar-refractivity contribution >= 4 is 17.8 Å². The molecule has 0 aliphatic carbocycles. The summed E-state index contributed by atoms with van der Waals surface area (Å²) in [4.78, 5) is 28.4. The molecule has 0 aliphatic rings. The topological polar surface area (TPSA) is 58.9 Å². The molecule has 18 heavy (non-hydrogen) atoms. The standard InChI is InChI=1S/C14H16N2O2/c1-8-10(3)14(16-7-18)11(4)9(2)13(8)12(5)15-6-17/h12H,1-5H3. The first-order chi connectivity index (χ1) is 8.45. The van der Waals surface area contributed by atoms with E-state index in [-0.39, 0.29) is 6.04 Å². The molecular weight excluding hydrogens is 228 g/mol. The average Bonchev–Trinajstić information content (AvgIpc) is 2.33. The summed E-state index contributed by atoms with van der Waals surface area (Å²) in [5, 5.41) is 0. The van der Waals surface area contributed by atoms with Crippen LogP contribution in [0.3, 0.4) is 0 Å². The van der Waals surface area contributed by atoms with Crippen LogP contribution in [0.4, 0.5) is 5.69 Å². The Hall–Kier alpha value is -2.02. The van der Waals surface area contributed by atoms with Gasteiger partial charge >= 0.3 is 0 Å². The quantitative estimate of drug-likeness (QED) is 0.605. The van der Waals surface area contributed by atoms with Crippen LogP contribution in [0, 0.1) is 27.7 Å². The van der Waals surface area contributed by atoms with E-state index in [0.717, 1.165) is 27.8 Å². The maximum absolute atomic E-state index is 10.5. The monoisotopic (exact) mass is 244 g/mol. The van der Waals surface area contributed by atoms with Crippen LogP contribution in [-0.2, 0) is 9.59 Å². The number of aliphatic imine (C=N–C) groups is 2. The van der Waals surface area contributed by atoms with E-state index in [9.17, 15) is 9.59 Å². The number of hydrogen-bond donors (Lipinski definition) is 0. The highest BCUT2D eigenvalue weighted by Crippen LogP contribution is 2.36. The van der Waals surface area contributed by atoms with Crippen molar-refractivity contribution in [3.8, 4) is 0 Å². The molecule has 0 aliphatic heterocycles. The summed E-state index contributed by atoms with van der Waals surface area (Å²) in [6.45, 7) is 9.54. The third kappa shape index (κ3) is 2.30. The summed E-state index contributed by atoms with van der Waals surface area (Å²) >= 11 is 0. The zero-order chi connectivity index (χ0) is 13.9. The number of hydrogen-bond acceptors (Lipinski definition) is 4. The molecule has 1 aromatic rings. The second-order valence-corrected chi connectivity index (χ2v) is 4.36. The highest BCUT2D eigenvalue weighted by molar-refractivity contribution is 5.65. The lowest BCUT2D eigenvalue weighted by molar-refractivity contribution is 0.559. The largest absolute Gasteiger partial charge is 0.240 e. The van der Waals surface area contributed by atoms with Crippen LogP contribution < -0.4 is 0 Å². The molecule has 0 amide bonds. The minimum absolute atomic E-state index is 0.242. The number of rotatable bonds is 3. The third-order valence-corrected chi connectivity index (χ3v) is 3.46. The Bertz CT molecular complexity index is 549. The SMILES string of the molecule is Cc1c(C)c(C(C)N=C=O)c(C)c(C)c1N=C=O. The first-order valence-corrected chi connectivity index (χ1v) is 5.70. The van der Waals surface area contributed by atoms with E-state index in [4.69, 9.17) is 0 Å². The molecular formula is C14H16N2O2. The molecule has 0 bridgehead atoms. The fraction of sp³-hybridized carbons (Fsp3) is 0.429. The molecule has 0 heterocycles. The first kappa shape index (κ1) is 14.0. The molecule has 0 N–H and O–H groups in total. The summed E-state index contributed by atoms with van der Waals surface area (Å²) in [7, 11) is 0. The number of nitrogens with zero attached hydrogens (tertiary/aromatic N) is 2. The van der Waals surface area contributed by atoms with Crippen molar-refractivity contribution < 1.29 is 9.59 Å². The van der Waals surface area contributed by atoms with Gasteiger partial charge in [-0.05, 0) is 62.4 Å². The van der Waals surface area contributed by atoms with E-state index in [1.165, 1.54) is 0 Å². The summed E-state index contributed by atoms with van der Waals surface area (Å²) in [5.41, 5.74) is 5.50. The normalized spacial score (nSPS) is 11.4. The predicted molar refractivity (Wildman–Crippen MR) is 69.7 cm³/mol. The van der Waals surface area contributed by atoms with E-state index in [0.29, 0.717) is 5.69 Å². The second kappa shape index (κ2) is 5.54. The zero-order valence-corrected chi connectivity index (χ0v) is 11.3. The van der Waals surface area contributed by atoms with Gasteiger partial charge in [-0.15, -0.1) is 0 Å². The Balaban J connectivity index is 3.67. The Morgan fingerprint density at radius 2 is 1.39 bits per heavy atom. The van der Waals surface area contributed by atoms with Crippen molar-refractivity contribution in [2.24, 2.45) is 9.98 Å². The van der Waals surface area contributed by atoms with Crippen LogP contribution in [0.2, 0.25) is 0 Å². The van der Waals surface area contributed by atoms with Gasteiger partial charge in [0.05, 0.1) is 11.7 Å². The van der Waals surface area contributed by atoms with E-state index in [1.54, 1.807) is 12.2 Å². The molecule has 4 nitrogen and oxygen atoms in total. The number of carbonyl (C=O) groups excluding carboxylic acids is 2. The number of benzene rings is 1. The molecule has 0 spiro atoms. The molecule has 1 aromatic carbocycles. The van der Waals surface area contributed by atoms with Crippen molar-refractivity contribution in [2.75, 3.05) is 0 Å². The predicted octanol–water partition coefficient (Wildman–Crippen LogP) is 3.28. The lowest BCUT2D eigenvalue weighted by Crippen LogP contribution is -2.03. The maximum Gasteiger partial charge on any atom is 0.240 e. The Kier molecular flexibility index (Phi) is 4.33. The van der Waals surface area contributed by atoms with E-state index >= 15 is 0 Å². The van der Waals surface area contributed by atoms with Crippen molar-refractivity contribution in [3.05, 3.63) is 27.8 Å². The molecule has 94 valence electrons. The molecule has 0 saturated carbocycles. The smallest absolute Gasteiger partial charge is 0.211 e. The van der Waals surface area contributed by atoms with Crippen molar-refractivity contribution in [1.82, 2.24) is 0 Å². The Morgan fingerprint density at radius 1 is 0.889 bits per heavy atom. The highest BCUT2D eigenvalue weighted by atomic mass is 16.1. The Labute approximate surface area is 106 Å². The molecule has 0 fully saturated rings. The van der Waals surface area contributed by atoms with Gasteiger partial charge in [0.1, 0.15) is 0 Å². The summed E-state index contributed by atoms with van der Waals surface area (Å²) < 4.78 is 0. The van der Waals surface area contributed by atoms with Gasteiger partial charge < -0.3 is 0 Å². The lowest BCUT2D eigenvalue weighted by atomic mass is 9.89. The molecule has 1 rings (SSSR count). The maximum atomic E-state index is 10.5. The molecule has 1 unspecified atom stereocenters. The van der Waals surface area contributed by atoms with Crippen LogP contribution in [-0.4, -0.2) is 12.2 Å². The summed E-state index contributed by atoms with van der Waals surface area (Å²) in [6.07, 6.45) is 3.17. The van der Waals surface area contributed by atoms with Crippen LogP contribution >= 0.6 is 0 Å². The zero-order valence-electron chi connectivity index (χ0n) is 11.3. The van der Waals surface area contributed by atoms with Gasteiger partial charge in [0.15, 0.2) is 0 Å². The van der Waals surface area contributed by atoms with Gasteiger partial charge in [-0.3, -0.25) is 0 Å². The van der Waals surface area contributed by atoms with Gasteiger partial charge in [-0.2, -0.15) is 9.98 Å². The van der Waals surface area contributed by atoms with Gasteiger partial charge in [-0.25, -0.2) is 9.59 Å². The van der Waals surface area contributed by atoms with Gasteiger partial charge in [-0.1, -0.05) is 0 Å². The molecule has 1 atom stereocenters. The van der Waals surface area contributed by atoms with Crippen molar-refractivity contribution in [2.45, 2.75) is 40.7 Å². The van der Waals surface area contributed by atoms with Gasteiger partial charge in [0, 0.05) is 0 Å². The summed E-state index contributed by atoms with van der Waals surface area (Å²) in [5.74, 6) is 0. The minimum atomic E-state index is -0.242. The van der Waals surface area contributed by atoms with Crippen molar-refractivity contribution in [3.63, 3.8) is 0 Å². The lowest BCUT2D eigenvalue weighted by Gasteiger charge is -2.19. The molecule has 4 heteroatoms. The van der Waals surface area contributed by atoms with Gasteiger partial charge in [0.2, 0.25) is 12.2 Å². The van der Waals surface area contributed by atoms with Crippen LogP contribution in [0.15, 0.2) is 9.98 Å². The third-order valence-electron chi connectivity index (χ3n) is 3.46.